The summed E-state index contributed by atoms with van der Waals surface area (Å²) in [4.78, 5) is 35.6. The molecule has 2 rings (SSSR count). The minimum atomic E-state index is -0.505. The summed E-state index contributed by atoms with van der Waals surface area (Å²) in [6.45, 7) is 2.47. The molecule has 152 valence electrons. The Morgan fingerprint density at radius 1 is 1.14 bits per heavy atom. The molecule has 2 N–H and O–H groups in total. The van der Waals surface area contributed by atoms with Crippen LogP contribution in [0.25, 0.3) is 6.08 Å². The molecule has 0 fully saturated rings. The first kappa shape index (κ1) is 21.6. The number of non-ortho nitro benzene ring substituents is 1. The summed E-state index contributed by atoms with van der Waals surface area (Å²) in [7, 11) is 1.46. The maximum absolute atomic E-state index is 12.7. The van der Waals surface area contributed by atoms with Gasteiger partial charge in [-0.2, -0.15) is 0 Å². The van der Waals surface area contributed by atoms with Crippen LogP contribution in [0.15, 0.2) is 54.2 Å². The fourth-order valence-electron chi connectivity index (χ4n) is 2.51. The van der Waals surface area contributed by atoms with E-state index in [4.69, 9.17) is 4.74 Å². The minimum absolute atomic E-state index is 0.0332. The van der Waals surface area contributed by atoms with Crippen molar-refractivity contribution in [2.45, 2.75) is 19.8 Å². The second kappa shape index (κ2) is 10.6. The third-order valence-electron chi connectivity index (χ3n) is 4.08. The van der Waals surface area contributed by atoms with Crippen LogP contribution >= 0.6 is 0 Å². The highest BCUT2D eigenvalue weighted by Gasteiger charge is 2.17. The van der Waals surface area contributed by atoms with Crippen LogP contribution < -0.4 is 15.4 Å². The summed E-state index contributed by atoms with van der Waals surface area (Å²) in [5.74, 6) is -0.563. The largest absolute Gasteiger partial charge is 0.496 e. The molecular weight excluding hydrogens is 374 g/mol. The van der Waals surface area contributed by atoms with Gasteiger partial charge in [0.25, 0.3) is 17.5 Å². The van der Waals surface area contributed by atoms with E-state index >= 15 is 0 Å². The number of para-hydroxylation sites is 1. The van der Waals surface area contributed by atoms with E-state index in [9.17, 15) is 19.7 Å². The smallest absolute Gasteiger partial charge is 0.269 e. The molecule has 2 amide bonds. The van der Waals surface area contributed by atoms with E-state index in [2.05, 4.69) is 10.6 Å². The number of ether oxygens (including phenoxy) is 1. The molecule has 0 aromatic heterocycles. The molecule has 0 aliphatic heterocycles. The highest BCUT2D eigenvalue weighted by Crippen LogP contribution is 2.18. The maximum Gasteiger partial charge on any atom is 0.269 e. The van der Waals surface area contributed by atoms with Gasteiger partial charge in [0, 0.05) is 18.7 Å². The zero-order valence-electron chi connectivity index (χ0n) is 16.3. The average molecular weight is 397 g/mol. The summed E-state index contributed by atoms with van der Waals surface area (Å²) in [5.41, 5.74) is 0.794. The third kappa shape index (κ3) is 6.17. The number of rotatable bonds is 9. The quantitative estimate of drug-likeness (QED) is 0.292. The van der Waals surface area contributed by atoms with Gasteiger partial charge in [0.15, 0.2) is 0 Å². The minimum Gasteiger partial charge on any atom is -0.496 e. The highest BCUT2D eigenvalue weighted by atomic mass is 16.6. The van der Waals surface area contributed by atoms with Crippen LogP contribution in [0.1, 0.15) is 35.7 Å². The van der Waals surface area contributed by atoms with Crippen LogP contribution in [0.5, 0.6) is 5.75 Å². The second-order valence-electron chi connectivity index (χ2n) is 6.17. The van der Waals surface area contributed by atoms with E-state index in [-0.39, 0.29) is 16.9 Å². The molecule has 0 radical (unpaired) electrons. The van der Waals surface area contributed by atoms with Gasteiger partial charge < -0.3 is 15.4 Å². The molecule has 29 heavy (non-hydrogen) atoms. The van der Waals surface area contributed by atoms with Gasteiger partial charge in [-0.25, -0.2) is 0 Å². The van der Waals surface area contributed by atoms with E-state index < -0.39 is 16.7 Å². The lowest BCUT2D eigenvalue weighted by atomic mass is 10.1. The zero-order chi connectivity index (χ0) is 21.2. The van der Waals surface area contributed by atoms with E-state index in [0.717, 1.165) is 12.8 Å². The summed E-state index contributed by atoms with van der Waals surface area (Å²) >= 11 is 0. The van der Waals surface area contributed by atoms with Gasteiger partial charge >= 0.3 is 0 Å². The Kier molecular flexibility index (Phi) is 7.90. The number of nitrogens with zero attached hydrogens (tertiary/aromatic N) is 1. The number of hydrogen-bond acceptors (Lipinski definition) is 5. The van der Waals surface area contributed by atoms with Crippen molar-refractivity contribution in [2.24, 2.45) is 0 Å². The van der Waals surface area contributed by atoms with Gasteiger partial charge in [0.2, 0.25) is 0 Å². The summed E-state index contributed by atoms with van der Waals surface area (Å²) in [6.07, 6.45) is 3.19. The first-order chi connectivity index (χ1) is 14.0. The fraction of sp³-hybridized carbons (Fsp3) is 0.238. The standard InChI is InChI=1S/C21H23N3O5/c1-3-4-13-22-21(26)18(14-15-9-11-16(12-10-15)24(27)28)23-20(25)17-7-5-6-8-19(17)29-2/h5-12,14H,3-4,13H2,1-2H3,(H,22,26)(H,23,25)/b18-14-. The van der Waals surface area contributed by atoms with Crippen LogP contribution in [0.2, 0.25) is 0 Å². The lowest BCUT2D eigenvalue weighted by molar-refractivity contribution is -0.384. The number of carbonyl (C=O) groups excluding carboxylic acids is 2. The summed E-state index contributed by atoms with van der Waals surface area (Å²) < 4.78 is 5.20. The van der Waals surface area contributed by atoms with Gasteiger partial charge in [0.1, 0.15) is 11.4 Å². The van der Waals surface area contributed by atoms with Crippen molar-refractivity contribution in [3.8, 4) is 5.75 Å². The maximum atomic E-state index is 12.7. The molecule has 0 aliphatic rings. The molecule has 8 heteroatoms. The van der Waals surface area contributed by atoms with Crippen LogP contribution in [0.3, 0.4) is 0 Å². The van der Waals surface area contributed by atoms with Gasteiger partial charge in [-0.1, -0.05) is 25.5 Å². The Morgan fingerprint density at radius 2 is 1.83 bits per heavy atom. The van der Waals surface area contributed by atoms with Crippen molar-refractivity contribution >= 4 is 23.6 Å². The Balaban J connectivity index is 2.30. The molecule has 0 spiro atoms. The second-order valence-corrected chi connectivity index (χ2v) is 6.17. The van der Waals surface area contributed by atoms with Crippen LogP contribution in [-0.4, -0.2) is 30.4 Å². The Morgan fingerprint density at radius 3 is 2.45 bits per heavy atom. The number of nitro benzene ring substituents is 1. The van der Waals surface area contributed by atoms with Gasteiger partial charge in [-0.3, -0.25) is 19.7 Å². The molecule has 0 aliphatic carbocycles. The van der Waals surface area contributed by atoms with E-state index in [1.165, 1.54) is 37.5 Å². The number of nitro groups is 1. The van der Waals surface area contributed by atoms with E-state index in [1.807, 2.05) is 6.92 Å². The molecule has 0 saturated carbocycles. The van der Waals surface area contributed by atoms with Crippen molar-refractivity contribution in [2.75, 3.05) is 13.7 Å². The average Bonchev–Trinajstić information content (AvgIpc) is 2.73. The molecule has 0 saturated heterocycles. The van der Waals surface area contributed by atoms with Crippen LogP contribution in [0.4, 0.5) is 5.69 Å². The summed E-state index contributed by atoms with van der Waals surface area (Å²) in [5, 5.41) is 16.2. The Hall–Kier alpha value is -3.68. The molecule has 0 unspecified atom stereocenters. The number of hydrogen-bond donors (Lipinski definition) is 2. The number of methoxy groups -OCH3 is 1. The van der Waals surface area contributed by atoms with E-state index in [1.54, 1.807) is 24.3 Å². The molecule has 2 aromatic rings. The molecule has 0 heterocycles. The third-order valence-corrected chi connectivity index (χ3v) is 4.08. The van der Waals surface area contributed by atoms with Crippen LogP contribution in [-0.2, 0) is 4.79 Å². The van der Waals surface area contributed by atoms with E-state index in [0.29, 0.717) is 17.9 Å². The Bertz CT molecular complexity index is 907. The van der Waals surface area contributed by atoms with Gasteiger partial charge in [0.05, 0.1) is 17.6 Å². The highest BCUT2D eigenvalue weighted by molar-refractivity contribution is 6.06. The van der Waals surface area contributed by atoms with Crippen molar-refractivity contribution in [1.82, 2.24) is 10.6 Å². The first-order valence-corrected chi connectivity index (χ1v) is 9.15. The van der Waals surface area contributed by atoms with Gasteiger partial charge in [-0.05, 0) is 42.3 Å². The molecule has 0 bridgehead atoms. The first-order valence-electron chi connectivity index (χ1n) is 9.15. The predicted molar refractivity (Wildman–Crippen MR) is 109 cm³/mol. The number of carbonyl (C=O) groups is 2. The molecule has 2 aromatic carbocycles. The lowest BCUT2D eigenvalue weighted by Gasteiger charge is -2.12. The van der Waals surface area contributed by atoms with Crippen LogP contribution in [0, 0.1) is 10.1 Å². The Labute approximate surface area is 168 Å². The topological polar surface area (TPSA) is 111 Å². The SMILES string of the molecule is CCCCNC(=O)/C(=C/c1ccc([N+](=O)[O-])cc1)NC(=O)c1ccccc1OC. The molecule has 8 nitrogen and oxygen atoms in total. The van der Waals surface area contributed by atoms with Gasteiger partial charge in [-0.15, -0.1) is 0 Å². The number of amides is 2. The number of nitrogens with one attached hydrogen (secondary N) is 2. The fourth-order valence-corrected chi connectivity index (χ4v) is 2.51. The normalized spacial score (nSPS) is 10.9. The van der Waals surface area contributed by atoms with Crippen molar-refractivity contribution in [1.29, 1.82) is 0 Å². The van der Waals surface area contributed by atoms with Crippen molar-refractivity contribution in [3.63, 3.8) is 0 Å². The monoisotopic (exact) mass is 397 g/mol. The summed E-state index contributed by atoms with van der Waals surface area (Å²) in [6, 6.07) is 12.3. The predicted octanol–water partition coefficient (Wildman–Crippen LogP) is 3.29. The lowest BCUT2D eigenvalue weighted by Crippen LogP contribution is -2.35. The van der Waals surface area contributed by atoms with Crippen molar-refractivity contribution < 1.29 is 19.2 Å². The molecule has 0 atom stereocenters. The molecular formula is C21H23N3O5. The number of unbranched alkanes of at least 4 members (excludes halogenated alkanes) is 1. The number of benzene rings is 2. The van der Waals surface area contributed by atoms with Crippen molar-refractivity contribution in [3.05, 3.63) is 75.5 Å². The zero-order valence-corrected chi connectivity index (χ0v) is 16.3.